The van der Waals surface area contributed by atoms with E-state index in [0.29, 0.717) is 23.4 Å². The van der Waals surface area contributed by atoms with Gasteiger partial charge in [-0.2, -0.15) is 13.2 Å². The van der Waals surface area contributed by atoms with Crippen LogP contribution in [0.1, 0.15) is 37.3 Å². The summed E-state index contributed by atoms with van der Waals surface area (Å²) >= 11 is 12.0. The summed E-state index contributed by atoms with van der Waals surface area (Å²) in [6.07, 6.45) is -2.25. The van der Waals surface area contributed by atoms with Gasteiger partial charge in [-0.3, -0.25) is 0 Å². The minimum Gasteiger partial charge on any atom is -0.324 e. The lowest BCUT2D eigenvalue weighted by Crippen LogP contribution is -2.38. The van der Waals surface area contributed by atoms with E-state index in [4.69, 9.17) is 28.9 Å². The van der Waals surface area contributed by atoms with E-state index in [2.05, 4.69) is 0 Å². The number of alkyl halides is 3. The summed E-state index contributed by atoms with van der Waals surface area (Å²) < 4.78 is 39.4. The van der Waals surface area contributed by atoms with Crippen LogP contribution in [0.5, 0.6) is 0 Å². The largest absolute Gasteiger partial charge is 0.392 e. The first kappa shape index (κ1) is 15.9. The minimum absolute atomic E-state index is 0.139. The number of rotatable bonds is 2. The first-order valence-corrected chi connectivity index (χ1v) is 7.34. The van der Waals surface area contributed by atoms with Crippen LogP contribution in [0.25, 0.3) is 0 Å². The topological polar surface area (TPSA) is 26.0 Å². The summed E-state index contributed by atoms with van der Waals surface area (Å²) in [6.45, 7) is 0. The molecule has 0 heterocycles. The van der Waals surface area contributed by atoms with Gasteiger partial charge in [-0.25, -0.2) is 0 Å². The van der Waals surface area contributed by atoms with Crippen LogP contribution in [0, 0.1) is 11.8 Å². The maximum absolute atomic E-state index is 13.1. The Labute approximate surface area is 126 Å². The van der Waals surface area contributed by atoms with Crippen molar-refractivity contribution in [1.29, 1.82) is 0 Å². The van der Waals surface area contributed by atoms with Gasteiger partial charge in [0.25, 0.3) is 0 Å². The average molecular weight is 326 g/mol. The molecule has 1 aromatic carbocycles. The highest BCUT2D eigenvalue weighted by molar-refractivity contribution is 6.42. The normalized spacial score (nSPS) is 25.5. The molecule has 0 aliphatic heterocycles. The molecule has 0 spiro atoms. The van der Waals surface area contributed by atoms with Crippen LogP contribution in [0.4, 0.5) is 13.2 Å². The Morgan fingerprint density at radius 1 is 1.15 bits per heavy atom. The van der Waals surface area contributed by atoms with Crippen molar-refractivity contribution < 1.29 is 13.2 Å². The third-order valence-electron chi connectivity index (χ3n) is 4.04. The van der Waals surface area contributed by atoms with Crippen LogP contribution >= 0.6 is 23.2 Å². The van der Waals surface area contributed by atoms with Crippen molar-refractivity contribution in [2.75, 3.05) is 0 Å². The van der Waals surface area contributed by atoms with Crippen molar-refractivity contribution >= 4 is 23.2 Å². The Kier molecular flexibility index (Phi) is 4.88. The van der Waals surface area contributed by atoms with Crippen LogP contribution in [0.3, 0.4) is 0 Å². The van der Waals surface area contributed by atoms with E-state index >= 15 is 0 Å². The first-order valence-electron chi connectivity index (χ1n) is 6.58. The molecule has 1 aliphatic carbocycles. The van der Waals surface area contributed by atoms with Crippen molar-refractivity contribution in [3.63, 3.8) is 0 Å². The van der Waals surface area contributed by atoms with Gasteiger partial charge in [-0.05, 0) is 30.4 Å². The lowest BCUT2D eigenvalue weighted by Gasteiger charge is -2.37. The molecule has 0 radical (unpaired) electrons. The molecule has 2 N–H and O–H groups in total. The highest BCUT2D eigenvalue weighted by Crippen LogP contribution is 2.47. The van der Waals surface area contributed by atoms with E-state index in [1.807, 2.05) is 0 Å². The first-order chi connectivity index (χ1) is 9.32. The van der Waals surface area contributed by atoms with Gasteiger partial charge < -0.3 is 5.73 Å². The minimum atomic E-state index is -4.21. The SMILES string of the molecule is NC(c1cccc(Cl)c1Cl)C1CCCCC1C(F)(F)F. The number of halogens is 5. The molecule has 0 amide bonds. The summed E-state index contributed by atoms with van der Waals surface area (Å²) in [6, 6.07) is 4.17. The maximum atomic E-state index is 13.1. The fourth-order valence-corrected chi connectivity index (χ4v) is 3.44. The zero-order valence-electron chi connectivity index (χ0n) is 10.8. The van der Waals surface area contributed by atoms with E-state index in [-0.39, 0.29) is 11.4 Å². The molecule has 1 fully saturated rings. The molecule has 112 valence electrons. The Hall–Kier alpha value is -0.450. The molecule has 0 aromatic heterocycles. The van der Waals surface area contributed by atoms with Crippen LogP contribution in [-0.4, -0.2) is 6.18 Å². The second-order valence-electron chi connectivity index (χ2n) is 5.27. The Morgan fingerprint density at radius 3 is 2.45 bits per heavy atom. The zero-order valence-corrected chi connectivity index (χ0v) is 12.3. The summed E-state index contributed by atoms with van der Waals surface area (Å²) in [5, 5.41) is 0.576. The third kappa shape index (κ3) is 3.23. The smallest absolute Gasteiger partial charge is 0.324 e. The Bertz CT molecular complexity index is 476. The Morgan fingerprint density at radius 2 is 1.80 bits per heavy atom. The number of hydrogen-bond acceptors (Lipinski definition) is 1. The van der Waals surface area contributed by atoms with Crippen molar-refractivity contribution in [2.45, 2.75) is 37.9 Å². The Balaban J connectivity index is 2.30. The third-order valence-corrected chi connectivity index (χ3v) is 4.88. The summed E-state index contributed by atoms with van der Waals surface area (Å²) in [4.78, 5) is 0. The van der Waals surface area contributed by atoms with Gasteiger partial charge in [0.2, 0.25) is 0 Å². The molecule has 1 aromatic rings. The molecule has 3 atom stereocenters. The van der Waals surface area contributed by atoms with Gasteiger partial charge in [0.1, 0.15) is 0 Å². The van der Waals surface area contributed by atoms with Crippen LogP contribution in [0.15, 0.2) is 18.2 Å². The number of hydrogen-bond donors (Lipinski definition) is 1. The van der Waals surface area contributed by atoms with E-state index in [1.54, 1.807) is 18.2 Å². The van der Waals surface area contributed by atoms with Gasteiger partial charge in [-0.15, -0.1) is 0 Å². The molecule has 2 rings (SSSR count). The fraction of sp³-hybridized carbons (Fsp3) is 0.571. The molecule has 0 saturated heterocycles. The van der Waals surface area contributed by atoms with E-state index < -0.39 is 24.1 Å². The molecule has 20 heavy (non-hydrogen) atoms. The maximum Gasteiger partial charge on any atom is 0.392 e. The standard InChI is InChI=1S/C14H16Cl2F3N/c15-11-7-3-5-9(12(11)16)13(20)8-4-1-2-6-10(8)14(17,18)19/h3,5,7-8,10,13H,1-2,4,6,20H2. The van der Waals surface area contributed by atoms with Gasteiger partial charge in [0.05, 0.1) is 16.0 Å². The van der Waals surface area contributed by atoms with Crippen LogP contribution in [-0.2, 0) is 0 Å². The quantitative estimate of drug-likeness (QED) is 0.778. The summed E-state index contributed by atoms with van der Waals surface area (Å²) in [5.74, 6) is -2.00. The molecule has 0 bridgehead atoms. The number of nitrogens with two attached hydrogens (primary N) is 1. The second-order valence-corrected chi connectivity index (χ2v) is 6.05. The summed E-state index contributed by atoms with van der Waals surface area (Å²) in [7, 11) is 0. The zero-order chi connectivity index (χ0) is 14.9. The summed E-state index contributed by atoms with van der Waals surface area (Å²) in [5.41, 5.74) is 6.58. The molecular weight excluding hydrogens is 310 g/mol. The van der Waals surface area contributed by atoms with Crippen molar-refractivity contribution in [3.05, 3.63) is 33.8 Å². The van der Waals surface area contributed by atoms with Crippen LogP contribution in [0.2, 0.25) is 10.0 Å². The van der Waals surface area contributed by atoms with Gasteiger partial charge >= 0.3 is 6.18 Å². The van der Waals surface area contributed by atoms with Crippen LogP contribution < -0.4 is 5.73 Å². The molecule has 1 nitrogen and oxygen atoms in total. The predicted octanol–water partition coefficient (Wildman–Crippen LogP) is 5.36. The lowest BCUT2D eigenvalue weighted by atomic mass is 9.73. The monoisotopic (exact) mass is 325 g/mol. The van der Waals surface area contributed by atoms with E-state index in [9.17, 15) is 13.2 Å². The van der Waals surface area contributed by atoms with Crippen molar-refractivity contribution in [3.8, 4) is 0 Å². The molecule has 1 aliphatic rings. The highest BCUT2D eigenvalue weighted by atomic mass is 35.5. The van der Waals surface area contributed by atoms with Crippen molar-refractivity contribution in [1.82, 2.24) is 0 Å². The van der Waals surface area contributed by atoms with E-state index in [1.165, 1.54) is 0 Å². The lowest BCUT2D eigenvalue weighted by molar-refractivity contribution is -0.198. The predicted molar refractivity (Wildman–Crippen MR) is 74.9 cm³/mol. The van der Waals surface area contributed by atoms with Gasteiger partial charge in [0.15, 0.2) is 0 Å². The molecular formula is C14H16Cl2F3N. The van der Waals surface area contributed by atoms with Gasteiger partial charge in [0, 0.05) is 6.04 Å². The molecule has 3 unspecified atom stereocenters. The number of benzene rings is 1. The second kappa shape index (κ2) is 6.12. The van der Waals surface area contributed by atoms with Crippen molar-refractivity contribution in [2.24, 2.45) is 17.6 Å². The molecule has 6 heteroatoms. The van der Waals surface area contributed by atoms with E-state index in [0.717, 1.165) is 6.42 Å². The van der Waals surface area contributed by atoms with Gasteiger partial charge in [-0.1, -0.05) is 48.2 Å². The fourth-order valence-electron chi connectivity index (χ4n) is 3.00. The highest BCUT2D eigenvalue weighted by Gasteiger charge is 2.47. The molecule has 1 saturated carbocycles. The average Bonchev–Trinajstić information content (AvgIpc) is 2.40.